The highest BCUT2D eigenvalue weighted by Gasteiger charge is 2.52. The second kappa shape index (κ2) is 7.05. The van der Waals surface area contributed by atoms with Crippen molar-refractivity contribution in [1.29, 1.82) is 0 Å². The minimum atomic E-state index is -0.798. The lowest BCUT2D eigenvalue weighted by Crippen LogP contribution is -2.59. The van der Waals surface area contributed by atoms with Crippen LogP contribution in [0.15, 0.2) is 0 Å². The van der Waals surface area contributed by atoms with E-state index in [1.807, 2.05) is 0 Å². The van der Waals surface area contributed by atoms with Crippen molar-refractivity contribution in [3.63, 3.8) is 0 Å². The lowest BCUT2D eigenvalue weighted by Gasteiger charge is -2.52. The molecule has 0 spiro atoms. The smallest absolute Gasteiger partial charge is 0.0970 e. The molecule has 1 unspecified atom stereocenters. The van der Waals surface area contributed by atoms with Crippen LogP contribution in [0, 0.1) is 17.3 Å². The van der Waals surface area contributed by atoms with E-state index in [0.717, 1.165) is 18.8 Å². The summed E-state index contributed by atoms with van der Waals surface area (Å²) in [5, 5.41) is 11.2. The number of hydrogen-bond donors (Lipinski definition) is 2. The maximum Gasteiger partial charge on any atom is 0.0970 e. The molecule has 1 atom stereocenters. The van der Waals surface area contributed by atoms with E-state index in [9.17, 15) is 5.11 Å². The summed E-state index contributed by atoms with van der Waals surface area (Å²) in [6.45, 7) is 7.35. The Morgan fingerprint density at radius 2 is 1.95 bits per heavy atom. The highest BCUT2D eigenvalue weighted by molar-refractivity contribution is 5.03. The molecular weight excluding hydrogens is 238 g/mol. The van der Waals surface area contributed by atoms with Crippen molar-refractivity contribution in [2.45, 2.75) is 64.9 Å². The van der Waals surface area contributed by atoms with Crippen molar-refractivity contribution < 1.29 is 9.84 Å². The van der Waals surface area contributed by atoms with Crippen LogP contribution in [0.4, 0.5) is 0 Å². The van der Waals surface area contributed by atoms with Gasteiger partial charge in [0.15, 0.2) is 0 Å². The quantitative estimate of drug-likeness (QED) is 0.748. The van der Waals surface area contributed by atoms with E-state index in [-0.39, 0.29) is 11.3 Å². The van der Waals surface area contributed by atoms with E-state index in [0.29, 0.717) is 13.2 Å². The summed E-state index contributed by atoms with van der Waals surface area (Å²) in [5.74, 6) is 0.988. The van der Waals surface area contributed by atoms with Gasteiger partial charge in [0, 0.05) is 19.1 Å². The average molecular weight is 271 g/mol. The van der Waals surface area contributed by atoms with Gasteiger partial charge in [-0.2, -0.15) is 0 Å². The molecule has 3 heteroatoms. The Hall–Kier alpha value is -0.120. The minimum Gasteiger partial charge on any atom is -0.387 e. The molecule has 0 aromatic carbocycles. The number of hydrogen-bond acceptors (Lipinski definition) is 3. The molecular formula is C16H33NO2. The summed E-state index contributed by atoms with van der Waals surface area (Å²) in [4.78, 5) is 0. The van der Waals surface area contributed by atoms with Gasteiger partial charge < -0.3 is 15.6 Å². The fourth-order valence-electron chi connectivity index (χ4n) is 3.89. The first-order valence-corrected chi connectivity index (χ1v) is 7.87. The molecule has 0 saturated heterocycles. The Balaban J connectivity index is 2.85. The summed E-state index contributed by atoms with van der Waals surface area (Å²) < 4.78 is 5.32. The van der Waals surface area contributed by atoms with Gasteiger partial charge in [0.2, 0.25) is 0 Å². The number of rotatable bonds is 7. The van der Waals surface area contributed by atoms with Crippen molar-refractivity contribution in [3.8, 4) is 0 Å². The average Bonchev–Trinajstić information content (AvgIpc) is 2.40. The summed E-state index contributed by atoms with van der Waals surface area (Å²) in [6, 6.07) is 0. The standard InChI is InChI=1S/C16H33NO2/c1-5-6-14-7-9-15(11-17,10-8-14)16(18,12-19-4)13(2)3/h13-14,18H,5-12,17H2,1-4H3. The van der Waals surface area contributed by atoms with Crippen LogP contribution >= 0.6 is 0 Å². The summed E-state index contributed by atoms with van der Waals surface area (Å²) in [6.07, 6.45) is 7.03. The Morgan fingerprint density at radius 3 is 2.32 bits per heavy atom. The van der Waals surface area contributed by atoms with Gasteiger partial charge in [-0.15, -0.1) is 0 Å². The molecule has 3 N–H and O–H groups in total. The molecule has 0 bridgehead atoms. The SMILES string of the molecule is CCCC1CCC(CN)(C(O)(COC)C(C)C)CC1. The molecule has 114 valence electrons. The van der Waals surface area contributed by atoms with Gasteiger partial charge in [0.25, 0.3) is 0 Å². The molecule has 0 aromatic rings. The highest BCUT2D eigenvalue weighted by atomic mass is 16.5. The first-order valence-electron chi connectivity index (χ1n) is 7.87. The maximum absolute atomic E-state index is 11.2. The minimum absolute atomic E-state index is 0.165. The van der Waals surface area contributed by atoms with Crippen molar-refractivity contribution >= 4 is 0 Å². The lowest BCUT2D eigenvalue weighted by atomic mass is 9.58. The van der Waals surface area contributed by atoms with Crippen LogP contribution < -0.4 is 5.73 Å². The molecule has 1 rings (SSSR count). The third-order valence-corrected chi connectivity index (χ3v) is 5.39. The number of aliphatic hydroxyl groups is 1. The third kappa shape index (κ3) is 3.32. The van der Waals surface area contributed by atoms with Crippen LogP contribution in [0.2, 0.25) is 0 Å². The van der Waals surface area contributed by atoms with Crippen LogP contribution in [0.1, 0.15) is 59.3 Å². The number of ether oxygens (including phenoxy) is 1. The monoisotopic (exact) mass is 271 g/mol. The van der Waals surface area contributed by atoms with Gasteiger partial charge in [-0.25, -0.2) is 0 Å². The molecule has 0 aliphatic heterocycles. The van der Waals surface area contributed by atoms with Crippen LogP contribution in [0.25, 0.3) is 0 Å². The molecule has 0 aromatic heterocycles. The molecule has 3 nitrogen and oxygen atoms in total. The Morgan fingerprint density at radius 1 is 1.37 bits per heavy atom. The van der Waals surface area contributed by atoms with Crippen molar-refractivity contribution in [3.05, 3.63) is 0 Å². The molecule has 0 radical (unpaired) electrons. The predicted molar refractivity (Wildman–Crippen MR) is 80.0 cm³/mol. The van der Waals surface area contributed by atoms with E-state index >= 15 is 0 Å². The van der Waals surface area contributed by atoms with Gasteiger partial charge in [-0.1, -0.05) is 33.6 Å². The Labute approximate surface area is 118 Å². The number of nitrogens with two attached hydrogens (primary N) is 1. The van der Waals surface area contributed by atoms with E-state index in [1.165, 1.54) is 25.7 Å². The summed E-state index contributed by atoms with van der Waals surface area (Å²) in [5.41, 5.74) is 5.13. The van der Waals surface area contributed by atoms with Gasteiger partial charge in [-0.3, -0.25) is 0 Å². The zero-order valence-electron chi connectivity index (χ0n) is 13.2. The largest absolute Gasteiger partial charge is 0.387 e. The molecule has 1 aliphatic rings. The first kappa shape index (κ1) is 16.9. The molecule has 1 saturated carbocycles. The molecule has 19 heavy (non-hydrogen) atoms. The van der Waals surface area contributed by atoms with Crippen LogP contribution in [0.5, 0.6) is 0 Å². The third-order valence-electron chi connectivity index (χ3n) is 5.39. The summed E-state index contributed by atoms with van der Waals surface area (Å²) >= 11 is 0. The van der Waals surface area contributed by atoms with Gasteiger partial charge >= 0.3 is 0 Å². The molecule has 0 heterocycles. The van der Waals surface area contributed by atoms with Crippen LogP contribution in [-0.2, 0) is 4.74 Å². The number of methoxy groups -OCH3 is 1. The first-order chi connectivity index (χ1) is 8.95. The van der Waals surface area contributed by atoms with E-state index in [4.69, 9.17) is 10.5 Å². The van der Waals surface area contributed by atoms with Crippen molar-refractivity contribution in [2.75, 3.05) is 20.3 Å². The zero-order valence-corrected chi connectivity index (χ0v) is 13.2. The Bertz CT molecular complexity index is 259. The van der Waals surface area contributed by atoms with Crippen LogP contribution in [0.3, 0.4) is 0 Å². The van der Waals surface area contributed by atoms with E-state index < -0.39 is 5.60 Å². The fraction of sp³-hybridized carbons (Fsp3) is 1.00. The van der Waals surface area contributed by atoms with E-state index in [1.54, 1.807) is 7.11 Å². The predicted octanol–water partition coefficient (Wildman–Crippen LogP) is 2.96. The second-order valence-electron chi connectivity index (χ2n) is 6.73. The fourth-order valence-corrected chi connectivity index (χ4v) is 3.89. The highest BCUT2D eigenvalue weighted by Crippen LogP contribution is 2.49. The lowest BCUT2D eigenvalue weighted by molar-refractivity contribution is -0.166. The molecule has 1 aliphatic carbocycles. The van der Waals surface area contributed by atoms with Crippen LogP contribution in [-0.4, -0.2) is 31.0 Å². The van der Waals surface area contributed by atoms with E-state index in [2.05, 4.69) is 20.8 Å². The maximum atomic E-state index is 11.2. The Kier molecular flexibility index (Phi) is 6.28. The van der Waals surface area contributed by atoms with Gasteiger partial charge in [-0.05, 0) is 37.5 Å². The van der Waals surface area contributed by atoms with Gasteiger partial charge in [0.1, 0.15) is 0 Å². The topological polar surface area (TPSA) is 55.5 Å². The molecule has 1 fully saturated rings. The summed E-state index contributed by atoms with van der Waals surface area (Å²) in [7, 11) is 1.67. The normalized spacial score (nSPS) is 31.4. The zero-order chi connectivity index (χ0) is 14.5. The molecule has 0 amide bonds. The van der Waals surface area contributed by atoms with Crippen molar-refractivity contribution in [1.82, 2.24) is 0 Å². The van der Waals surface area contributed by atoms with Gasteiger partial charge in [0.05, 0.1) is 12.2 Å². The second-order valence-corrected chi connectivity index (χ2v) is 6.73. The van der Waals surface area contributed by atoms with Crippen molar-refractivity contribution in [2.24, 2.45) is 23.0 Å².